The SMILES string of the molecule is Cc1oc(-c2ccccc2)nc1COC1(CCCOS(C)(=O)=O)C=CC=CN1. The lowest BCUT2D eigenvalue weighted by molar-refractivity contribution is -0.0466. The van der Waals surface area contributed by atoms with Crippen molar-refractivity contribution in [1.29, 1.82) is 0 Å². The van der Waals surface area contributed by atoms with Gasteiger partial charge in [-0.3, -0.25) is 4.18 Å². The molecule has 0 saturated heterocycles. The minimum atomic E-state index is -3.45. The van der Waals surface area contributed by atoms with Gasteiger partial charge in [0.2, 0.25) is 5.89 Å². The van der Waals surface area contributed by atoms with Crippen LogP contribution in [0.1, 0.15) is 24.3 Å². The average Bonchev–Trinajstić information content (AvgIpc) is 3.05. The lowest BCUT2D eigenvalue weighted by atomic mass is 10.0. The van der Waals surface area contributed by atoms with Crippen molar-refractivity contribution in [3.63, 3.8) is 0 Å². The van der Waals surface area contributed by atoms with E-state index in [1.54, 1.807) is 6.20 Å². The van der Waals surface area contributed by atoms with Crippen LogP contribution in [0.5, 0.6) is 0 Å². The Bertz CT molecular complexity index is 950. The molecule has 2 aromatic rings. The minimum Gasteiger partial charge on any atom is -0.441 e. The summed E-state index contributed by atoms with van der Waals surface area (Å²) in [6.45, 7) is 2.21. The van der Waals surface area contributed by atoms with E-state index in [9.17, 15) is 8.42 Å². The fourth-order valence-corrected chi connectivity index (χ4v) is 3.25. The number of nitrogens with zero attached hydrogens (tertiary/aromatic N) is 1. The van der Waals surface area contributed by atoms with Crippen molar-refractivity contribution < 1.29 is 21.8 Å². The van der Waals surface area contributed by atoms with Gasteiger partial charge in [0, 0.05) is 12.0 Å². The van der Waals surface area contributed by atoms with Crippen LogP contribution in [-0.4, -0.2) is 32.0 Å². The molecule has 2 heterocycles. The van der Waals surface area contributed by atoms with Crippen LogP contribution in [0.15, 0.2) is 59.2 Å². The monoisotopic (exact) mass is 404 g/mol. The highest BCUT2D eigenvalue weighted by Gasteiger charge is 2.28. The van der Waals surface area contributed by atoms with Gasteiger partial charge in [-0.2, -0.15) is 8.42 Å². The van der Waals surface area contributed by atoms with Gasteiger partial charge in [0.05, 0.1) is 19.5 Å². The topological polar surface area (TPSA) is 90.7 Å². The van der Waals surface area contributed by atoms with Crippen LogP contribution in [0, 0.1) is 6.92 Å². The largest absolute Gasteiger partial charge is 0.441 e. The summed E-state index contributed by atoms with van der Waals surface area (Å²) in [5.74, 6) is 1.25. The number of dihydropyridines is 1. The van der Waals surface area contributed by atoms with Crippen LogP contribution < -0.4 is 5.32 Å². The van der Waals surface area contributed by atoms with Crippen LogP contribution in [-0.2, 0) is 25.6 Å². The second kappa shape index (κ2) is 8.72. The molecule has 1 aliphatic heterocycles. The molecule has 8 heteroatoms. The van der Waals surface area contributed by atoms with Crippen molar-refractivity contribution in [1.82, 2.24) is 10.3 Å². The molecule has 0 radical (unpaired) electrons. The van der Waals surface area contributed by atoms with Gasteiger partial charge in [0.25, 0.3) is 10.1 Å². The third kappa shape index (κ3) is 5.54. The number of allylic oxidation sites excluding steroid dienone is 2. The molecule has 0 spiro atoms. The molecular weight excluding hydrogens is 380 g/mol. The molecule has 150 valence electrons. The maximum absolute atomic E-state index is 11.1. The molecule has 7 nitrogen and oxygen atoms in total. The number of ether oxygens (including phenoxy) is 1. The molecule has 0 fully saturated rings. The number of oxazole rings is 1. The minimum absolute atomic E-state index is 0.102. The Balaban J connectivity index is 1.65. The molecule has 1 unspecified atom stereocenters. The molecule has 1 aromatic heterocycles. The van der Waals surface area contributed by atoms with Gasteiger partial charge < -0.3 is 14.5 Å². The van der Waals surface area contributed by atoms with Crippen molar-refractivity contribution in [3.05, 3.63) is 66.2 Å². The molecular formula is C20H24N2O5S. The van der Waals surface area contributed by atoms with Crippen LogP contribution >= 0.6 is 0 Å². The second-order valence-corrected chi connectivity index (χ2v) is 8.20. The molecule has 0 amide bonds. The Morgan fingerprint density at radius 2 is 2.00 bits per heavy atom. The Hall–Kier alpha value is -2.42. The van der Waals surface area contributed by atoms with Crippen molar-refractivity contribution in [3.8, 4) is 11.5 Å². The normalized spacial score (nSPS) is 18.9. The summed E-state index contributed by atoms with van der Waals surface area (Å²) in [5.41, 5.74) is 0.868. The molecule has 1 atom stereocenters. The summed E-state index contributed by atoms with van der Waals surface area (Å²) in [5, 5.41) is 3.21. The fourth-order valence-electron chi connectivity index (χ4n) is 2.83. The Morgan fingerprint density at radius 1 is 1.21 bits per heavy atom. The van der Waals surface area contributed by atoms with Gasteiger partial charge in [-0.15, -0.1) is 0 Å². The van der Waals surface area contributed by atoms with Crippen LogP contribution in [0.4, 0.5) is 0 Å². The van der Waals surface area contributed by atoms with Gasteiger partial charge in [0.1, 0.15) is 11.5 Å². The van der Waals surface area contributed by atoms with Gasteiger partial charge in [-0.05, 0) is 43.8 Å². The highest BCUT2D eigenvalue weighted by atomic mass is 32.2. The lowest BCUT2D eigenvalue weighted by Crippen LogP contribution is -2.44. The molecule has 0 saturated carbocycles. The van der Waals surface area contributed by atoms with E-state index in [0.29, 0.717) is 24.5 Å². The fraction of sp³-hybridized carbons (Fsp3) is 0.350. The maximum Gasteiger partial charge on any atom is 0.264 e. The quantitative estimate of drug-likeness (QED) is 0.506. The summed E-state index contributed by atoms with van der Waals surface area (Å²) in [6.07, 6.45) is 9.53. The van der Waals surface area contributed by atoms with Gasteiger partial charge in [-0.1, -0.05) is 24.3 Å². The Kier molecular flexibility index (Phi) is 6.33. The van der Waals surface area contributed by atoms with Gasteiger partial charge in [0.15, 0.2) is 5.72 Å². The van der Waals surface area contributed by atoms with E-state index in [-0.39, 0.29) is 13.2 Å². The van der Waals surface area contributed by atoms with E-state index in [1.807, 2.05) is 55.5 Å². The molecule has 0 aliphatic carbocycles. The summed E-state index contributed by atoms with van der Waals surface area (Å²) < 4.78 is 39.0. The van der Waals surface area contributed by atoms with Gasteiger partial charge >= 0.3 is 0 Å². The molecule has 0 bridgehead atoms. The first-order valence-corrected chi connectivity index (χ1v) is 10.8. The molecule has 1 aliphatic rings. The number of rotatable bonds is 9. The smallest absolute Gasteiger partial charge is 0.264 e. The van der Waals surface area contributed by atoms with Crippen LogP contribution in [0.3, 0.4) is 0 Å². The summed E-state index contributed by atoms with van der Waals surface area (Å²) in [7, 11) is -3.45. The zero-order chi connectivity index (χ0) is 20.0. The number of aryl methyl sites for hydroxylation is 1. The molecule has 3 rings (SSSR count). The standard InChI is InChI=1S/C20H24N2O5S/c1-16-18(22-19(27-16)17-9-4-3-5-10-17)15-25-20(11-6-7-13-21-20)12-8-14-26-28(2,23)24/h3-7,9-11,13,21H,8,12,14-15H2,1-2H3. The average molecular weight is 404 g/mol. The molecule has 28 heavy (non-hydrogen) atoms. The molecule has 1 N–H and O–H groups in total. The van der Waals surface area contributed by atoms with Crippen LogP contribution in [0.25, 0.3) is 11.5 Å². The zero-order valence-electron chi connectivity index (χ0n) is 15.9. The number of benzene rings is 1. The predicted octanol–water partition coefficient (Wildman–Crippen LogP) is 3.29. The van der Waals surface area contributed by atoms with E-state index in [2.05, 4.69) is 10.3 Å². The van der Waals surface area contributed by atoms with E-state index in [0.717, 1.165) is 17.5 Å². The predicted molar refractivity (Wildman–Crippen MR) is 106 cm³/mol. The third-order valence-electron chi connectivity index (χ3n) is 4.27. The van der Waals surface area contributed by atoms with E-state index < -0.39 is 15.8 Å². The van der Waals surface area contributed by atoms with E-state index in [4.69, 9.17) is 13.3 Å². The molecule has 1 aromatic carbocycles. The van der Waals surface area contributed by atoms with Crippen molar-refractivity contribution in [2.24, 2.45) is 0 Å². The highest BCUT2D eigenvalue weighted by molar-refractivity contribution is 7.85. The third-order valence-corrected chi connectivity index (χ3v) is 4.87. The number of hydrogen-bond acceptors (Lipinski definition) is 7. The first-order chi connectivity index (χ1) is 13.4. The number of aromatic nitrogens is 1. The van der Waals surface area contributed by atoms with Crippen molar-refractivity contribution in [2.75, 3.05) is 12.9 Å². The Labute approximate surface area is 165 Å². The number of hydrogen-bond donors (Lipinski definition) is 1. The lowest BCUT2D eigenvalue weighted by Gasteiger charge is -2.32. The summed E-state index contributed by atoms with van der Waals surface area (Å²) in [6, 6.07) is 9.68. The highest BCUT2D eigenvalue weighted by Crippen LogP contribution is 2.25. The van der Waals surface area contributed by atoms with Crippen molar-refractivity contribution in [2.45, 2.75) is 32.1 Å². The summed E-state index contributed by atoms with van der Waals surface area (Å²) >= 11 is 0. The summed E-state index contributed by atoms with van der Waals surface area (Å²) in [4.78, 5) is 4.56. The Morgan fingerprint density at radius 3 is 2.68 bits per heavy atom. The van der Waals surface area contributed by atoms with Crippen LogP contribution in [0.2, 0.25) is 0 Å². The van der Waals surface area contributed by atoms with Crippen molar-refractivity contribution >= 4 is 10.1 Å². The second-order valence-electron chi connectivity index (χ2n) is 6.56. The first kappa shape index (κ1) is 20.3. The zero-order valence-corrected chi connectivity index (χ0v) is 16.7. The van der Waals surface area contributed by atoms with Gasteiger partial charge in [-0.25, -0.2) is 4.98 Å². The first-order valence-electron chi connectivity index (χ1n) is 8.99. The van der Waals surface area contributed by atoms with E-state index in [1.165, 1.54) is 0 Å². The maximum atomic E-state index is 11.1. The van der Waals surface area contributed by atoms with E-state index >= 15 is 0 Å². The number of nitrogens with one attached hydrogen (secondary N) is 1.